The molecule has 1 aromatic carbocycles. The molecule has 2 atom stereocenters. The normalized spacial score (nSPS) is 14.2. The minimum absolute atomic E-state index is 0.144. The van der Waals surface area contributed by atoms with Crippen LogP contribution >= 0.6 is 11.3 Å². The Hall–Kier alpha value is -1.32. The molecular formula is C17H23NOS. The van der Waals surface area contributed by atoms with Gasteiger partial charge in [-0.3, -0.25) is 0 Å². The summed E-state index contributed by atoms with van der Waals surface area (Å²) in [4.78, 5) is 2.76. The molecule has 0 aliphatic heterocycles. The summed E-state index contributed by atoms with van der Waals surface area (Å²) in [5, 5.41) is 13.5. The summed E-state index contributed by atoms with van der Waals surface area (Å²) >= 11 is 1.86. The second kappa shape index (κ2) is 6.42. The van der Waals surface area contributed by atoms with Gasteiger partial charge in [0.15, 0.2) is 0 Å². The lowest BCUT2D eigenvalue weighted by Gasteiger charge is -2.21. The summed E-state index contributed by atoms with van der Waals surface area (Å²) in [7, 11) is 0. The Morgan fingerprint density at radius 2 is 1.90 bits per heavy atom. The van der Waals surface area contributed by atoms with Crippen molar-refractivity contribution in [2.75, 3.05) is 0 Å². The Morgan fingerprint density at radius 3 is 2.55 bits per heavy atom. The van der Waals surface area contributed by atoms with Gasteiger partial charge in [-0.15, -0.1) is 11.3 Å². The Labute approximate surface area is 125 Å². The van der Waals surface area contributed by atoms with Crippen molar-refractivity contribution in [3.8, 4) is 5.75 Å². The van der Waals surface area contributed by atoms with Crippen LogP contribution in [0.3, 0.4) is 0 Å². The molecule has 20 heavy (non-hydrogen) atoms. The molecule has 2 aromatic rings. The molecule has 1 heterocycles. The predicted octanol–water partition coefficient (Wildman–Crippen LogP) is 4.35. The predicted molar refractivity (Wildman–Crippen MR) is 86.6 cm³/mol. The van der Waals surface area contributed by atoms with E-state index in [-0.39, 0.29) is 6.04 Å². The molecule has 2 N–H and O–H groups in total. The van der Waals surface area contributed by atoms with Crippen LogP contribution in [0.4, 0.5) is 0 Å². The lowest BCUT2D eigenvalue weighted by Crippen LogP contribution is -2.30. The van der Waals surface area contributed by atoms with E-state index in [1.807, 2.05) is 24.3 Å². The average molecular weight is 289 g/mol. The van der Waals surface area contributed by atoms with Crippen molar-refractivity contribution in [3.63, 3.8) is 0 Å². The van der Waals surface area contributed by atoms with E-state index in [0.717, 1.165) is 12.0 Å². The van der Waals surface area contributed by atoms with Gasteiger partial charge >= 0.3 is 0 Å². The largest absolute Gasteiger partial charge is 0.508 e. The number of phenols is 1. The van der Waals surface area contributed by atoms with E-state index in [2.05, 4.69) is 44.3 Å². The minimum Gasteiger partial charge on any atom is -0.508 e. The third kappa shape index (κ3) is 3.84. The van der Waals surface area contributed by atoms with Crippen molar-refractivity contribution >= 4 is 11.3 Å². The van der Waals surface area contributed by atoms with Gasteiger partial charge in [-0.05, 0) is 52.3 Å². The third-order valence-electron chi connectivity index (χ3n) is 3.49. The number of hydrogen-bond donors (Lipinski definition) is 2. The summed E-state index contributed by atoms with van der Waals surface area (Å²) in [6.45, 7) is 8.48. The molecule has 1 aromatic heterocycles. The fourth-order valence-electron chi connectivity index (χ4n) is 2.49. The van der Waals surface area contributed by atoms with Crippen LogP contribution < -0.4 is 5.32 Å². The molecule has 0 bridgehead atoms. The average Bonchev–Trinajstić information content (AvgIpc) is 2.77. The fraction of sp³-hybridized carbons (Fsp3) is 0.412. The number of rotatable bonds is 5. The van der Waals surface area contributed by atoms with Gasteiger partial charge in [0, 0.05) is 27.4 Å². The second-order valence-electron chi connectivity index (χ2n) is 5.57. The number of nitrogens with one attached hydrogen (secondary N) is 1. The van der Waals surface area contributed by atoms with Crippen LogP contribution in [0.5, 0.6) is 5.75 Å². The minimum atomic E-state index is 0.144. The van der Waals surface area contributed by atoms with Gasteiger partial charge in [0.05, 0.1) is 0 Å². The highest BCUT2D eigenvalue weighted by atomic mass is 32.1. The van der Waals surface area contributed by atoms with Crippen LogP contribution in [0.2, 0.25) is 0 Å². The van der Waals surface area contributed by atoms with Crippen molar-refractivity contribution in [1.82, 2.24) is 5.32 Å². The Morgan fingerprint density at radius 1 is 1.15 bits per heavy atom. The molecule has 0 aliphatic carbocycles. The first-order valence-corrected chi connectivity index (χ1v) is 7.88. The quantitative estimate of drug-likeness (QED) is 0.857. The molecule has 0 aliphatic rings. The van der Waals surface area contributed by atoms with Gasteiger partial charge in [0.25, 0.3) is 0 Å². The SMILES string of the molecule is Cc1ccc(O)c(C(C)NC(C)Cc2ccc(C)s2)c1. The van der Waals surface area contributed by atoms with Crippen LogP contribution in [-0.2, 0) is 6.42 Å². The molecule has 0 radical (unpaired) electrons. The van der Waals surface area contributed by atoms with Crippen molar-refractivity contribution in [3.05, 3.63) is 51.2 Å². The van der Waals surface area contributed by atoms with Gasteiger partial charge in [-0.25, -0.2) is 0 Å². The number of benzene rings is 1. The zero-order chi connectivity index (χ0) is 14.7. The molecule has 0 saturated heterocycles. The van der Waals surface area contributed by atoms with Crippen LogP contribution in [0.15, 0.2) is 30.3 Å². The van der Waals surface area contributed by atoms with E-state index in [1.54, 1.807) is 6.07 Å². The summed E-state index contributed by atoms with van der Waals surface area (Å²) in [5.41, 5.74) is 2.15. The summed E-state index contributed by atoms with van der Waals surface area (Å²) in [6.07, 6.45) is 1.02. The van der Waals surface area contributed by atoms with E-state index in [1.165, 1.54) is 15.3 Å². The molecule has 0 amide bonds. The summed E-state index contributed by atoms with van der Waals surface area (Å²) in [6, 6.07) is 10.7. The van der Waals surface area contributed by atoms with Crippen LogP contribution in [0.25, 0.3) is 0 Å². The molecule has 108 valence electrons. The third-order valence-corrected chi connectivity index (χ3v) is 4.51. The van der Waals surface area contributed by atoms with Gasteiger partial charge < -0.3 is 10.4 Å². The molecule has 2 unspecified atom stereocenters. The number of aryl methyl sites for hydroxylation is 2. The number of phenolic OH excluding ortho intramolecular Hbond substituents is 1. The maximum absolute atomic E-state index is 9.97. The fourth-order valence-corrected chi connectivity index (χ4v) is 3.51. The first kappa shape index (κ1) is 15.1. The zero-order valence-electron chi connectivity index (χ0n) is 12.6. The van der Waals surface area contributed by atoms with E-state index in [4.69, 9.17) is 0 Å². The van der Waals surface area contributed by atoms with Crippen LogP contribution in [0, 0.1) is 13.8 Å². The van der Waals surface area contributed by atoms with Crippen molar-refractivity contribution in [1.29, 1.82) is 0 Å². The highest BCUT2D eigenvalue weighted by Crippen LogP contribution is 2.26. The van der Waals surface area contributed by atoms with Crippen molar-refractivity contribution in [2.45, 2.75) is 46.2 Å². The van der Waals surface area contributed by atoms with E-state index < -0.39 is 0 Å². The number of aromatic hydroxyl groups is 1. The lowest BCUT2D eigenvalue weighted by molar-refractivity contribution is 0.434. The van der Waals surface area contributed by atoms with Gasteiger partial charge in [-0.2, -0.15) is 0 Å². The molecule has 2 rings (SSSR count). The lowest BCUT2D eigenvalue weighted by atomic mass is 10.0. The Balaban J connectivity index is 1.99. The first-order valence-electron chi connectivity index (χ1n) is 7.06. The van der Waals surface area contributed by atoms with Crippen molar-refractivity contribution in [2.24, 2.45) is 0 Å². The zero-order valence-corrected chi connectivity index (χ0v) is 13.4. The van der Waals surface area contributed by atoms with E-state index >= 15 is 0 Å². The standard InChI is InChI=1S/C17H23NOS/c1-11-5-8-17(19)16(9-11)14(4)18-12(2)10-15-7-6-13(3)20-15/h5-9,12,14,18-19H,10H2,1-4H3. The number of thiophene rings is 1. The first-order chi connectivity index (χ1) is 9.45. The second-order valence-corrected chi connectivity index (χ2v) is 6.94. The van der Waals surface area contributed by atoms with Crippen LogP contribution in [0.1, 0.15) is 40.8 Å². The summed E-state index contributed by atoms with van der Waals surface area (Å²) < 4.78 is 0. The molecule has 0 saturated carbocycles. The topological polar surface area (TPSA) is 32.3 Å². The maximum atomic E-state index is 9.97. The Kier molecular flexibility index (Phi) is 4.84. The smallest absolute Gasteiger partial charge is 0.120 e. The highest BCUT2D eigenvalue weighted by molar-refractivity contribution is 7.11. The maximum Gasteiger partial charge on any atom is 0.120 e. The van der Waals surface area contributed by atoms with Gasteiger partial charge in [0.1, 0.15) is 5.75 Å². The highest BCUT2D eigenvalue weighted by Gasteiger charge is 2.14. The van der Waals surface area contributed by atoms with E-state index in [0.29, 0.717) is 11.8 Å². The Bertz CT molecular complexity index is 576. The summed E-state index contributed by atoms with van der Waals surface area (Å²) in [5.74, 6) is 0.370. The van der Waals surface area contributed by atoms with Gasteiger partial charge in [-0.1, -0.05) is 17.7 Å². The van der Waals surface area contributed by atoms with Gasteiger partial charge in [0.2, 0.25) is 0 Å². The molecule has 0 fully saturated rings. The van der Waals surface area contributed by atoms with E-state index in [9.17, 15) is 5.11 Å². The monoisotopic (exact) mass is 289 g/mol. The molecule has 0 spiro atoms. The van der Waals surface area contributed by atoms with Crippen LogP contribution in [-0.4, -0.2) is 11.1 Å². The molecule has 2 nitrogen and oxygen atoms in total. The van der Waals surface area contributed by atoms with Crippen molar-refractivity contribution < 1.29 is 5.11 Å². The molecule has 3 heteroatoms. The molecular weight excluding hydrogens is 266 g/mol. The number of hydrogen-bond acceptors (Lipinski definition) is 3.